The Morgan fingerprint density at radius 1 is 1.30 bits per heavy atom. The van der Waals surface area contributed by atoms with Crippen molar-refractivity contribution in [2.75, 3.05) is 6.54 Å². The second-order valence-corrected chi connectivity index (χ2v) is 6.43. The molecular weight excluding hydrogens is 288 g/mol. The quantitative estimate of drug-likeness (QED) is 0.841. The highest BCUT2D eigenvalue weighted by Crippen LogP contribution is 2.19. The smallest absolute Gasteiger partial charge is 0.243 e. The summed E-state index contributed by atoms with van der Waals surface area (Å²) in [6, 6.07) is 10.1. The van der Waals surface area contributed by atoms with E-state index >= 15 is 0 Å². The van der Waals surface area contributed by atoms with Gasteiger partial charge in [-0.05, 0) is 44.6 Å². The van der Waals surface area contributed by atoms with Crippen LogP contribution in [0.3, 0.4) is 0 Å². The number of benzene rings is 1. The van der Waals surface area contributed by atoms with Crippen LogP contribution in [0, 0.1) is 0 Å². The number of aryl methyl sites for hydroxylation is 1. The molecule has 126 valence electrons. The van der Waals surface area contributed by atoms with Gasteiger partial charge >= 0.3 is 0 Å². The number of carbonyl (C=O) groups is 2. The molecule has 1 aromatic carbocycles. The number of nitrogens with one attached hydrogen (secondary N) is 1. The number of hydrogen-bond donors (Lipinski definition) is 1. The van der Waals surface area contributed by atoms with Crippen LogP contribution in [0.25, 0.3) is 0 Å². The number of hydrogen-bond acceptors (Lipinski definition) is 2. The second-order valence-electron chi connectivity index (χ2n) is 6.43. The molecule has 0 radical (unpaired) electrons. The van der Waals surface area contributed by atoms with E-state index in [1.54, 1.807) is 4.90 Å². The van der Waals surface area contributed by atoms with Crippen LogP contribution in [0.1, 0.15) is 51.5 Å². The molecule has 0 aromatic heterocycles. The summed E-state index contributed by atoms with van der Waals surface area (Å²) in [4.78, 5) is 26.4. The third-order valence-electron chi connectivity index (χ3n) is 4.44. The van der Waals surface area contributed by atoms with Crippen LogP contribution in [0.5, 0.6) is 0 Å². The van der Waals surface area contributed by atoms with Crippen molar-refractivity contribution in [1.82, 2.24) is 10.2 Å². The molecule has 4 nitrogen and oxygen atoms in total. The second kappa shape index (κ2) is 8.70. The SMILES string of the molecule is CCCC(=O)N1CCC[C@@H]1C(=O)N[C@@H](C)CCc1ccccc1. The molecular formula is C19H28N2O2. The van der Waals surface area contributed by atoms with Crippen LogP contribution in [0.4, 0.5) is 0 Å². The Morgan fingerprint density at radius 3 is 2.74 bits per heavy atom. The van der Waals surface area contributed by atoms with Crippen LogP contribution in [0.15, 0.2) is 30.3 Å². The number of nitrogens with zero attached hydrogens (tertiary/aromatic N) is 1. The van der Waals surface area contributed by atoms with Gasteiger partial charge in [-0.15, -0.1) is 0 Å². The van der Waals surface area contributed by atoms with E-state index in [0.29, 0.717) is 6.42 Å². The van der Waals surface area contributed by atoms with Crippen LogP contribution in [-0.2, 0) is 16.0 Å². The van der Waals surface area contributed by atoms with Gasteiger partial charge in [0.25, 0.3) is 0 Å². The molecule has 0 unspecified atom stereocenters. The van der Waals surface area contributed by atoms with Crippen molar-refractivity contribution < 1.29 is 9.59 Å². The van der Waals surface area contributed by atoms with Crippen LogP contribution in [-0.4, -0.2) is 35.3 Å². The molecule has 1 aliphatic rings. The Kier molecular flexibility index (Phi) is 6.63. The third kappa shape index (κ3) is 5.08. The molecule has 1 heterocycles. The topological polar surface area (TPSA) is 49.4 Å². The van der Waals surface area contributed by atoms with Gasteiger partial charge in [-0.3, -0.25) is 9.59 Å². The Morgan fingerprint density at radius 2 is 2.04 bits per heavy atom. The first-order valence-electron chi connectivity index (χ1n) is 8.75. The Labute approximate surface area is 139 Å². The predicted molar refractivity (Wildman–Crippen MR) is 92.0 cm³/mol. The number of likely N-dealkylation sites (tertiary alicyclic amines) is 1. The summed E-state index contributed by atoms with van der Waals surface area (Å²) in [6.45, 7) is 4.75. The van der Waals surface area contributed by atoms with Crippen molar-refractivity contribution in [3.05, 3.63) is 35.9 Å². The summed E-state index contributed by atoms with van der Waals surface area (Å²) in [5.41, 5.74) is 1.29. The maximum atomic E-state index is 12.5. The zero-order valence-corrected chi connectivity index (χ0v) is 14.3. The summed E-state index contributed by atoms with van der Waals surface area (Å²) in [6.07, 6.45) is 4.93. The minimum atomic E-state index is -0.270. The van der Waals surface area contributed by atoms with Crippen molar-refractivity contribution in [2.24, 2.45) is 0 Å². The normalized spacial score (nSPS) is 18.7. The number of carbonyl (C=O) groups excluding carboxylic acids is 2. The van der Waals surface area contributed by atoms with Gasteiger partial charge in [0.1, 0.15) is 6.04 Å². The first kappa shape index (κ1) is 17.5. The number of rotatable bonds is 7. The first-order valence-corrected chi connectivity index (χ1v) is 8.75. The highest BCUT2D eigenvalue weighted by Gasteiger charge is 2.33. The Hall–Kier alpha value is -1.84. The summed E-state index contributed by atoms with van der Waals surface area (Å²) in [5, 5.41) is 3.09. The van der Waals surface area contributed by atoms with E-state index < -0.39 is 0 Å². The van der Waals surface area contributed by atoms with E-state index in [-0.39, 0.29) is 23.9 Å². The van der Waals surface area contributed by atoms with Gasteiger partial charge in [-0.1, -0.05) is 37.3 Å². The van der Waals surface area contributed by atoms with Gasteiger partial charge in [0, 0.05) is 19.0 Å². The highest BCUT2D eigenvalue weighted by atomic mass is 16.2. The van der Waals surface area contributed by atoms with Crippen molar-refractivity contribution in [3.63, 3.8) is 0 Å². The van der Waals surface area contributed by atoms with E-state index in [1.807, 2.05) is 32.0 Å². The molecule has 0 aliphatic carbocycles. The van der Waals surface area contributed by atoms with Gasteiger partial charge in [0.05, 0.1) is 0 Å². The van der Waals surface area contributed by atoms with Gasteiger partial charge in [0.15, 0.2) is 0 Å². The van der Waals surface area contributed by atoms with E-state index in [1.165, 1.54) is 5.56 Å². The van der Waals surface area contributed by atoms with E-state index in [4.69, 9.17) is 0 Å². The zero-order chi connectivity index (χ0) is 16.7. The highest BCUT2D eigenvalue weighted by molar-refractivity contribution is 5.88. The Bertz CT molecular complexity index is 515. The molecule has 1 aromatic rings. The molecule has 1 aliphatic heterocycles. The lowest BCUT2D eigenvalue weighted by Crippen LogP contribution is -2.48. The average Bonchev–Trinajstić information content (AvgIpc) is 3.04. The first-order chi connectivity index (χ1) is 11.1. The van der Waals surface area contributed by atoms with Crippen LogP contribution < -0.4 is 5.32 Å². The van der Waals surface area contributed by atoms with E-state index in [0.717, 1.165) is 38.6 Å². The lowest BCUT2D eigenvalue weighted by molar-refractivity contribution is -0.138. The van der Waals surface area contributed by atoms with Gasteiger partial charge < -0.3 is 10.2 Å². The molecule has 4 heteroatoms. The van der Waals surface area contributed by atoms with E-state index in [2.05, 4.69) is 17.4 Å². The molecule has 0 bridgehead atoms. The fourth-order valence-electron chi connectivity index (χ4n) is 3.13. The molecule has 2 amide bonds. The summed E-state index contributed by atoms with van der Waals surface area (Å²) in [5.74, 6) is 0.120. The molecule has 0 saturated carbocycles. The maximum Gasteiger partial charge on any atom is 0.243 e. The molecule has 1 saturated heterocycles. The molecule has 1 N–H and O–H groups in total. The summed E-state index contributed by atoms with van der Waals surface area (Å²) >= 11 is 0. The van der Waals surface area contributed by atoms with Crippen LogP contribution >= 0.6 is 0 Å². The maximum absolute atomic E-state index is 12.5. The van der Waals surface area contributed by atoms with Gasteiger partial charge in [-0.25, -0.2) is 0 Å². The van der Waals surface area contributed by atoms with Crippen molar-refractivity contribution in [2.45, 2.75) is 64.5 Å². The molecule has 23 heavy (non-hydrogen) atoms. The lowest BCUT2D eigenvalue weighted by Gasteiger charge is -2.25. The minimum absolute atomic E-state index is 0.00696. The molecule has 1 fully saturated rings. The monoisotopic (exact) mass is 316 g/mol. The summed E-state index contributed by atoms with van der Waals surface area (Å²) in [7, 11) is 0. The van der Waals surface area contributed by atoms with Crippen molar-refractivity contribution in [3.8, 4) is 0 Å². The summed E-state index contributed by atoms with van der Waals surface area (Å²) < 4.78 is 0. The van der Waals surface area contributed by atoms with Crippen LogP contribution in [0.2, 0.25) is 0 Å². The van der Waals surface area contributed by atoms with Gasteiger partial charge in [-0.2, -0.15) is 0 Å². The fraction of sp³-hybridized carbons (Fsp3) is 0.579. The average molecular weight is 316 g/mol. The molecule has 2 rings (SSSR count). The molecule has 0 spiro atoms. The predicted octanol–water partition coefficient (Wildman–Crippen LogP) is 2.92. The van der Waals surface area contributed by atoms with E-state index in [9.17, 15) is 9.59 Å². The Balaban J connectivity index is 1.81. The fourth-order valence-corrected chi connectivity index (χ4v) is 3.13. The largest absolute Gasteiger partial charge is 0.352 e. The van der Waals surface area contributed by atoms with Crippen molar-refractivity contribution >= 4 is 11.8 Å². The van der Waals surface area contributed by atoms with Gasteiger partial charge in [0.2, 0.25) is 11.8 Å². The number of amides is 2. The van der Waals surface area contributed by atoms with Crippen molar-refractivity contribution in [1.29, 1.82) is 0 Å². The lowest BCUT2D eigenvalue weighted by atomic mass is 10.1. The third-order valence-corrected chi connectivity index (χ3v) is 4.44. The zero-order valence-electron chi connectivity index (χ0n) is 14.3. The minimum Gasteiger partial charge on any atom is -0.352 e. The standard InChI is InChI=1S/C19H28N2O2/c1-3-8-18(22)21-14-7-11-17(21)19(23)20-15(2)12-13-16-9-5-4-6-10-16/h4-6,9-10,15,17H,3,7-8,11-14H2,1-2H3,(H,20,23)/t15-,17+/m0/s1. The molecule has 2 atom stereocenters.